The number of halogens is 2. The number of hydrogen-bond acceptors (Lipinski definition) is 7. The summed E-state index contributed by atoms with van der Waals surface area (Å²) in [6.45, 7) is 0.759. The SMILES string of the molecule is CS(=O)(=O)N1CC(N(C=O)c2cccc(-c3ccc(NCC4(c5ncccc5F)CC(F)C4)nn3)c2)C1. The molecule has 37 heavy (non-hydrogen) atoms. The average molecular weight is 529 g/mol. The summed E-state index contributed by atoms with van der Waals surface area (Å²) < 4.78 is 52.8. The van der Waals surface area contributed by atoms with E-state index in [4.69, 9.17) is 0 Å². The van der Waals surface area contributed by atoms with Gasteiger partial charge < -0.3 is 10.2 Å². The number of amides is 1. The van der Waals surface area contributed by atoms with Crippen molar-refractivity contribution in [2.24, 2.45) is 0 Å². The highest BCUT2D eigenvalue weighted by Gasteiger charge is 2.48. The molecule has 5 rings (SSSR count). The predicted octanol–water partition coefficient (Wildman–Crippen LogP) is 2.77. The Kier molecular flexibility index (Phi) is 6.63. The van der Waals surface area contributed by atoms with Gasteiger partial charge in [0.1, 0.15) is 17.8 Å². The first kappa shape index (κ1) is 25.2. The maximum atomic E-state index is 14.4. The van der Waals surface area contributed by atoms with Gasteiger partial charge in [0.25, 0.3) is 0 Å². The van der Waals surface area contributed by atoms with E-state index in [1.807, 2.05) is 6.07 Å². The molecule has 12 heteroatoms. The summed E-state index contributed by atoms with van der Waals surface area (Å²) in [4.78, 5) is 17.5. The molecule has 0 atom stereocenters. The molecule has 1 N–H and O–H groups in total. The van der Waals surface area contributed by atoms with Crippen LogP contribution in [0.15, 0.2) is 54.7 Å². The van der Waals surface area contributed by atoms with Gasteiger partial charge in [-0.1, -0.05) is 12.1 Å². The summed E-state index contributed by atoms with van der Waals surface area (Å²) in [5.74, 6) is 0.00980. The minimum Gasteiger partial charge on any atom is -0.368 e. The maximum absolute atomic E-state index is 14.4. The minimum absolute atomic E-state index is 0.183. The number of nitrogens with one attached hydrogen (secondary N) is 1. The molecule has 1 aromatic carbocycles. The van der Waals surface area contributed by atoms with E-state index in [-0.39, 0.29) is 44.2 Å². The van der Waals surface area contributed by atoms with E-state index in [9.17, 15) is 22.0 Å². The van der Waals surface area contributed by atoms with Crippen LogP contribution in [0.4, 0.5) is 20.3 Å². The van der Waals surface area contributed by atoms with Crippen LogP contribution < -0.4 is 10.2 Å². The molecule has 3 aromatic rings. The highest BCUT2D eigenvalue weighted by molar-refractivity contribution is 7.88. The third-order valence-corrected chi connectivity index (χ3v) is 8.24. The fraction of sp³-hybridized carbons (Fsp3) is 0.360. The van der Waals surface area contributed by atoms with Crippen molar-refractivity contribution in [1.82, 2.24) is 19.5 Å². The molecule has 2 aliphatic rings. The Morgan fingerprint density at radius 3 is 2.57 bits per heavy atom. The lowest BCUT2D eigenvalue weighted by molar-refractivity contribution is -0.108. The fourth-order valence-corrected chi connectivity index (χ4v) is 5.76. The molecule has 1 amide bonds. The van der Waals surface area contributed by atoms with Crippen LogP contribution in [-0.4, -0.2) is 72.4 Å². The normalized spacial score (nSPS) is 22.1. The number of pyridine rings is 1. The zero-order valence-corrected chi connectivity index (χ0v) is 20.9. The smallest absolute Gasteiger partial charge is 0.214 e. The lowest BCUT2D eigenvalue weighted by Gasteiger charge is -2.44. The van der Waals surface area contributed by atoms with Gasteiger partial charge in [0.15, 0.2) is 0 Å². The van der Waals surface area contributed by atoms with Gasteiger partial charge in [0.05, 0.1) is 23.7 Å². The van der Waals surface area contributed by atoms with E-state index in [1.165, 1.54) is 27.5 Å². The second-order valence-electron chi connectivity index (χ2n) is 9.57. The summed E-state index contributed by atoms with van der Waals surface area (Å²) in [5, 5.41) is 11.6. The number of nitrogens with zero attached hydrogens (tertiary/aromatic N) is 5. The highest BCUT2D eigenvalue weighted by Crippen LogP contribution is 2.45. The molecule has 2 fully saturated rings. The second-order valence-corrected chi connectivity index (χ2v) is 11.6. The first-order chi connectivity index (χ1) is 17.7. The topological polar surface area (TPSA) is 108 Å². The van der Waals surface area contributed by atoms with Crippen molar-refractivity contribution in [3.63, 3.8) is 0 Å². The van der Waals surface area contributed by atoms with Crippen molar-refractivity contribution in [3.8, 4) is 11.3 Å². The molecule has 0 spiro atoms. The molecule has 1 saturated heterocycles. The predicted molar refractivity (Wildman–Crippen MR) is 135 cm³/mol. The van der Waals surface area contributed by atoms with Gasteiger partial charge in [0.2, 0.25) is 16.4 Å². The number of carbonyl (C=O) groups excluding carboxylic acids is 1. The average Bonchev–Trinajstić information content (AvgIpc) is 2.83. The zero-order valence-electron chi connectivity index (χ0n) is 20.1. The summed E-state index contributed by atoms with van der Waals surface area (Å²) in [6.07, 6.45) is 2.72. The zero-order chi connectivity index (χ0) is 26.2. The Morgan fingerprint density at radius 1 is 1.16 bits per heavy atom. The van der Waals surface area contributed by atoms with E-state index in [1.54, 1.807) is 30.3 Å². The van der Waals surface area contributed by atoms with E-state index in [2.05, 4.69) is 20.5 Å². The van der Waals surface area contributed by atoms with Gasteiger partial charge in [-0.25, -0.2) is 17.2 Å². The van der Waals surface area contributed by atoms with Gasteiger partial charge in [-0.3, -0.25) is 9.78 Å². The Labute approximate surface area is 213 Å². The number of aromatic nitrogens is 3. The number of hydrogen-bond donors (Lipinski definition) is 1. The van der Waals surface area contributed by atoms with Crippen LogP contribution in [0.5, 0.6) is 0 Å². The number of alkyl halides is 1. The van der Waals surface area contributed by atoms with Crippen molar-refractivity contribution in [2.75, 3.05) is 36.1 Å². The summed E-state index contributed by atoms with van der Waals surface area (Å²) in [5.41, 5.74) is 1.44. The molecule has 1 saturated carbocycles. The third kappa shape index (κ3) is 5.03. The Hall–Kier alpha value is -3.51. The molecule has 2 aromatic heterocycles. The van der Waals surface area contributed by atoms with Gasteiger partial charge in [-0.2, -0.15) is 4.31 Å². The van der Waals surface area contributed by atoms with Crippen molar-refractivity contribution >= 4 is 27.9 Å². The van der Waals surface area contributed by atoms with Crippen molar-refractivity contribution < 1.29 is 22.0 Å². The van der Waals surface area contributed by atoms with Crippen LogP contribution in [0.1, 0.15) is 18.5 Å². The number of benzene rings is 1. The van der Waals surface area contributed by atoms with Crippen LogP contribution in [0.25, 0.3) is 11.3 Å². The van der Waals surface area contributed by atoms with Crippen molar-refractivity contribution in [1.29, 1.82) is 0 Å². The van der Waals surface area contributed by atoms with E-state index in [0.29, 0.717) is 23.6 Å². The molecule has 1 aliphatic carbocycles. The molecule has 0 unspecified atom stereocenters. The molecule has 0 radical (unpaired) electrons. The molecular weight excluding hydrogens is 502 g/mol. The van der Waals surface area contributed by atoms with E-state index < -0.39 is 27.4 Å². The molecule has 0 bridgehead atoms. The monoisotopic (exact) mass is 528 g/mol. The molecule has 9 nitrogen and oxygen atoms in total. The third-order valence-electron chi connectivity index (χ3n) is 7.00. The van der Waals surface area contributed by atoms with Crippen LogP contribution in [0.3, 0.4) is 0 Å². The lowest BCUT2D eigenvalue weighted by atomic mass is 9.65. The van der Waals surface area contributed by atoms with Gasteiger partial charge in [0, 0.05) is 42.5 Å². The van der Waals surface area contributed by atoms with E-state index in [0.717, 1.165) is 11.8 Å². The Bertz CT molecular complexity index is 1390. The van der Waals surface area contributed by atoms with Crippen molar-refractivity contribution in [3.05, 3.63) is 66.2 Å². The second kappa shape index (κ2) is 9.75. The number of sulfonamides is 1. The fourth-order valence-electron chi connectivity index (χ4n) is 4.87. The van der Waals surface area contributed by atoms with Crippen LogP contribution >= 0.6 is 0 Å². The van der Waals surface area contributed by atoms with Crippen LogP contribution in [-0.2, 0) is 20.2 Å². The molecule has 194 valence electrons. The lowest BCUT2D eigenvalue weighted by Crippen LogP contribution is -2.60. The van der Waals surface area contributed by atoms with Crippen LogP contribution in [0, 0.1) is 5.82 Å². The van der Waals surface area contributed by atoms with Gasteiger partial charge >= 0.3 is 0 Å². The maximum Gasteiger partial charge on any atom is 0.214 e. The standard InChI is InChI=1S/C25H26F2N6O3S/c1-37(35,36)32-13-20(14-32)33(16-34)19-5-2-4-17(10-19)22-7-8-23(31-30-22)29-15-25(11-18(26)12-25)24-21(27)6-3-9-28-24/h2-10,16,18,20H,11-15H2,1H3,(H,29,31). The Balaban J connectivity index is 1.27. The summed E-state index contributed by atoms with van der Waals surface area (Å²) in [7, 11) is -3.29. The highest BCUT2D eigenvalue weighted by atomic mass is 32.2. The number of anilines is 2. The molecular formula is C25H26F2N6O3S. The minimum atomic E-state index is -3.29. The quantitative estimate of drug-likeness (QED) is 0.426. The van der Waals surface area contributed by atoms with Gasteiger partial charge in [-0.05, 0) is 49.2 Å². The van der Waals surface area contributed by atoms with Gasteiger partial charge in [-0.15, -0.1) is 10.2 Å². The number of rotatable bonds is 9. The first-order valence-corrected chi connectivity index (χ1v) is 13.7. The number of carbonyl (C=O) groups is 1. The molecule has 3 heterocycles. The summed E-state index contributed by atoms with van der Waals surface area (Å²) in [6, 6.07) is 13.3. The largest absolute Gasteiger partial charge is 0.368 e. The van der Waals surface area contributed by atoms with Crippen LogP contribution in [0.2, 0.25) is 0 Å². The summed E-state index contributed by atoms with van der Waals surface area (Å²) >= 11 is 0. The van der Waals surface area contributed by atoms with E-state index >= 15 is 0 Å². The van der Waals surface area contributed by atoms with Crippen molar-refractivity contribution in [2.45, 2.75) is 30.5 Å². The molecule has 1 aliphatic heterocycles. The first-order valence-electron chi connectivity index (χ1n) is 11.8. The Morgan fingerprint density at radius 2 is 1.95 bits per heavy atom.